The van der Waals surface area contributed by atoms with E-state index in [4.69, 9.17) is 14.2 Å². The van der Waals surface area contributed by atoms with Crippen LogP contribution in [-0.4, -0.2) is 32.1 Å². The van der Waals surface area contributed by atoms with Gasteiger partial charge in [0.15, 0.2) is 5.92 Å². The van der Waals surface area contributed by atoms with Crippen molar-refractivity contribution in [1.82, 2.24) is 0 Å². The highest BCUT2D eigenvalue weighted by atomic mass is 16.6. The van der Waals surface area contributed by atoms with E-state index in [0.29, 0.717) is 11.3 Å². The molecule has 6 nitrogen and oxygen atoms in total. The number of ether oxygens (including phenoxy) is 3. The Hall–Kier alpha value is -2.89. The van der Waals surface area contributed by atoms with Crippen molar-refractivity contribution in [1.29, 1.82) is 0 Å². The van der Waals surface area contributed by atoms with Crippen molar-refractivity contribution in [3.05, 3.63) is 42.0 Å². The van der Waals surface area contributed by atoms with Crippen LogP contribution in [0.1, 0.15) is 25.3 Å². The molecule has 6 heteroatoms. The van der Waals surface area contributed by atoms with Crippen LogP contribution < -0.4 is 4.74 Å². The van der Waals surface area contributed by atoms with Crippen LogP contribution in [-0.2, 0) is 23.9 Å². The zero-order valence-corrected chi connectivity index (χ0v) is 15.1. The first-order valence-corrected chi connectivity index (χ1v) is 8.22. The van der Waals surface area contributed by atoms with Crippen molar-refractivity contribution in [2.24, 2.45) is 11.3 Å². The molecule has 0 bridgehead atoms. The highest BCUT2D eigenvalue weighted by molar-refractivity contribution is 6.02. The van der Waals surface area contributed by atoms with Gasteiger partial charge in [-0.15, -0.1) is 0 Å². The summed E-state index contributed by atoms with van der Waals surface area (Å²) in [4.78, 5) is 37.5. The van der Waals surface area contributed by atoms with Gasteiger partial charge in [-0.1, -0.05) is 30.3 Å². The molecule has 3 rings (SSSR count). The minimum Gasteiger partial charge on any atom is -0.469 e. The highest BCUT2D eigenvalue weighted by Crippen LogP contribution is 2.51. The van der Waals surface area contributed by atoms with E-state index in [9.17, 15) is 14.4 Å². The lowest BCUT2D eigenvalue weighted by molar-refractivity contribution is -0.163. The third-order valence-corrected chi connectivity index (χ3v) is 4.98. The summed E-state index contributed by atoms with van der Waals surface area (Å²) in [5.41, 5.74) is -0.528. The van der Waals surface area contributed by atoms with Gasteiger partial charge in [0.05, 0.1) is 19.6 Å². The molecule has 0 fully saturated rings. The minimum absolute atomic E-state index is 0.343. The first-order chi connectivity index (χ1) is 12.3. The van der Waals surface area contributed by atoms with Crippen molar-refractivity contribution in [2.75, 3.05) is 14.2 Å². The average molecular weight is 356 g/mol. The number of hydrogen-bond acceptors (Lipinski definition) is 6. The van der Waals surface area contributed by atoms with Gasteiger partial charge < -0.3 is 14.2 Å². The van der Waals surface area contributed by atoms with E-state index in [-0.39, 0.29) is 0 Å². The summed E-state index contributed by atoms with van der Waals surface area (Å²) in [6.07, 6.45) is 0. The molecule has 2 aromatic rings. The van der Waals surface area contributed by atoms with Gasteiger partial charge in [-0.2, -0.15) is 0 Å². The molecule has 0 amide bonds. The lowest BCUT2D eigenvalue weighted by atomic mass is 9.66. The molecule has 0 saturated carbocycles. The molecule has 0 spiro atoms. The van der Waals surface area contributed by atoms with Crippen molar-refractivity contribution in [2.45, 2.75) is 19.8 Å². The summed E-state index contributed by atoms with van der Waals surface area (Å²) in [5, 5.41) is 1.73. The van der Waals surface area contributed by atoms with E-state index in [2.05, 4.69) is 0 Å². The summed E-state index contributed by atoms with van der Waals surface area (Å²) < 4.78 is 15.2. The fourth-order valence-electron chi connectivity index (χ4n) is 3.69. The smallest absolute Gasteiger partial charge is 0.326 e. The normalized spacial score (nSPS) is 19.5. The van der Waals surface area contributed by atoms with Gasteiger partial charge in [0.1, 0.15) is 5.75 Å². The van der Waals surface area contributed by atoms with E-state index in [0.717, 1.165) is 10.8 Å². The van der Waals surface area contributed by atoms with E-state index >= 15 is 0 Å². The van der Waals surface area contributed by atoms with Crippen LogP contribution in [0, 0.1) is 11.3 Å². The van der Waals surface area contributed by atoms with Gasteiger partial charge in [0.2, 0.25) is 0 Å². The van der Waals surface area contributed by atoms with Crippen molar-refractivity contribution < 1.29 is 28.6 Å². The number of carbonyl (C=O) groups excluding carboxylic acids is 3. The number of rotatable bonds is 3. The molecule has 1 heterocycles. The molecule has 1 aliphatic heterocycles. The van der Waals surface area contributed by atoms with E-state index in [1.54, 1.807) is 19.9 Å². The molecule has 0 radical (unpaired) electrons. The fraction of sp³-hybridized carbons (Fsp3) is 0.350. The van der Waals surface area contributed by atoms with Crippen LogP contribution in [0.2, 0.25) is 0 Å². The predicted molar refractivity (Wildman–Crippen MR) is 93.6 cm³/mol. The number of benzene rings is 2. The van der Waals surface area contributed by atoms with Crippen molar-refractivity contribution >= 4 is 28.7 Å². The first-order valence-electron chi connectivity index (χ1n) is 8.22. The molecule has 0 saturated heterocycles. The number of esters is 3. The Morgan fingerprint density at radius 3 is 2.38 bits per heavy atom. The summed E-state index contributed by atoms with van der Waals surface area (Å²) in [6, 6.07) is 11.1. The lowest BCUT2D eigenvalue weighted by Crippen LogP contribution is -2.46. The number of carbonyl (C=O) groups is 3. The van der Waals surface area contributed by atoms with Crippen LogP contribution in [0.25, 0.3) is 10.8 Å². The fourth-order valence-corrected chi connectivity index (χ4v) is 3.69. The van der Waals surface area contributed by atoms with Crippen LogP contribution in [0.3, 0.4) is 0 Å². The molecule has 26 heavy (non-hydrogen) atoms. The summed E-state index contributed by atoms with van der Waals surface area (Å²) >= 11 is 0. The Bertz CT molecular complexity index is 898. The molecule has 2 aromatic carbocycles. The average Bonchev–Trinajstić information content (AvgIpc) is 2.65. The van der Waals surface area contributed by atoms with Gasteiger partial charge >= 0.3 is 17.9 Å². The quantitative estimate of drug-likeness (QED) is 0.478. The Morgan fingerprint density at radius 2 is 1.73 bits per heavy atom. The molecular formula is C20H20O6. The largest absolute Gasteiger partial charge is 0.469 e. The SMILES string of the molecule is COC(=O)[C@@H]1C(=O)Oc2ccc3ccccc3c2[C@H]1C(C)(C)C(=O)OC. The second kappa shape index (κ2) is 6.44. The van der Waals surface area contributed by atoms with Gasteiger partial charge in [-0.3, -0.25) is 14.4 Å². The van der Waals surface area contributed by atoms with Crippen molar-refractivity contribution in [3.63, 3.8) is 0 Å². The molecule has 0 aromatic heterocycles. The zero-order valence-electron chi connectivity index (χ0n) is 15.1. The van der Waals surface area contributed by atoms with Crippen molar-refractivity contribution in [3.8, 4) is 5.75 Å². The molecule has 136 valence electrons. The number of hydrogen-bond donors (Lipinski definition) is 0. The van der Waals surface area contributed by atoms with Gasteiger partial charge in [-0.25, -0.2) is 0 Å². The third-order valence-electron chi connectivity index (χ3n) is 4.98. The molecular weight excluding hydrogens is 336 g/mol. The summed E-state index contributed by atoms with van der Waals surface area (Å²) in [7, 11) is 2.48. The molecule has 0 N–H and O–H groups in total. The summed E-state index contributed by atoms with van der Waals surface area (Å²) in [5.74, 6) is -3.70. The standard InChI is InChI=1S/C20H20O6/c1-20(2,19(23)25-4)16-14-12-8-6-5-7-11(12)9-10-13(14)26-18(22)15(16)17(21)24-3/h5-10,15-16H,1-4H3/t15-,16-/m1/s1. The third kappa shape index (κ3) is 2.62. The molecule has 1 aliphatic rings. The molecule has 2 atom stereocenters. The van der Waals surface area contributed by atoms with Gasteiger partial charge in [0.25, 0.3) is 0 Å². The van der Waals surface area contributed by atoms with Crippen LogP contribution in [0.4, 0.5) is 0 Å². The maximum absolute atomic E-state index is 12.6. The maximum Gasteiger partial charge on any atom is 0.326 e. The minimum atomic E-state index is -1.26. The highest BCUT2D eigenvalue weighted by Gasteiger charge is 2.54. The Labute approximate surface area is 151 Å². The zero-order chi connectivity index (χ0) is 19.1. The Morgan fingerprint density at radius 1 is 1.04 bits per heavy atom. The Kier molecular flexibility index (Phi) is 4.44. The van der Waals surface area contributed by atoms with E-state index in [1.165, 1.54) is 14.2 Å². The topological polar surface area (TPSA) is 78.9 Å². The van der Waals surface area contributed by atoms with Gasteiger partial charge in [-0.05, 0) is 30.7 Å². The Balaban J connectivity index is 2.35. The number of fused-ring (bicyclic) bond motifs is 3. The first kappa shape index (κ1) is 17.9. The molecule has 0 aliphatic carbocycles. The monoisotopic (exact) mass is 356 g/mol. The van der Waals surface area contributed by atoms with E-state index < -0.39 is 35.2 Å². The predicted octanol–water partition coefficient (Wildman–Crippen LogP) is 2.83. The number of methoxy groups -OCH3 is 2. The van der Waals surface area contributed by atoms with Gasteiger partial charge in [0, 0.05) is 11.5 Å². The van der Waals surface area contributed by atoms with E-state index in [1.807, 2.05) is 30.3 Å². The molecule has 0 unspecified atom stereocenters. The summed E-state index contributed by atoms with van der Waals surface area (Å²) in [6.45, 7) is 3.31. The second-order valence-electron chi connectivity index (χ2n) is 6.81. The van der Waals surface area contributed by atoms with Crippen LogP contribution in [0.5, 0.6) is 5.75 Å². The van der Waals surface area contributed by atoms with Crippen LogP contribution in [0.15, 0.2) is 36.4 Å². The lowest BCUT2D eigenvalue weighted by Gasteiger charge is -2.39. The maximum atomic E-state index is 12.6. The second-order valence-corrected chi connectivity index (χ2v) is 6.81. The van der Waals surface area contributed by atoms with Crippen LogP contribution >= 0.6 is 0 Å².